The number of carbonyl (C=O) groups is 1. The minimum atomic E-state index is 0.120. The number of aryl methyl sites for hydroxylation is 1. The van der Waals surface area contributed by atoms with E-state index in [1.807, 2.05) is 6.07 Å². The maximum atomic E-state index is 11.6. The maximum absolute atomic E-state index is 11.6. The second kappa shape index (κ2) is 6.48. The topological polar surface area (TPSA) is 29.1 Å². The number of rotatable bonds is 2. The van der Waals surface area contributed by atoms with Crippen LogP contribution in [0.5, 0.6) is 0 Å². The Balaban J connectivity index is 1.95. The zero-order chi connectivity index (χ0) is 14.8. The number of carbonyl (C=O) groups excluding carboxylic acids is 1. The van der Waals surface area contributed by atoms with Crippen LogP contribution in [0.2, 0.25) is 0 Å². The van der Waals surface area contributed by atoms with Crippen LogP contribution in [0, 0.1) is 3.57 Å². The van der Waals surface area contributed by atoms with Gasteiger partial charge in [0.15, 0.2) is 0 Å². The van der Waals surface area contributed by atoms with Gasteiger partial charge in [0.05, 0.1) is 4.83 Å². The highest BCUT2D eigenvalue weighted by Crippen LogP contribution is 2.35. The smallest absolute Gasteiger partial charge is 0.224 e. The summed E-state index contributed by atoms with van der Waals surface area (Å²) in [5, 5.41) is 2.98. The highest BCUT2D eigenvalue weighted by molar-refractivity contribution is 14.1. The van der Waals surface area contributed by atoms with Gasteiger partial charge in [0.25, 0.3) is 0 Å². The van der Waals surface area contributed by atoms with Gasteiger partial charge in [-0.05, 0) is 64.3 Å². The van der Waals surface area contributed by atoms with Gasteiger partial charge >= 0.3 is 0 Å². The average Bonchev–Trinajstić information content (AvgIpc) is 2.67. The van der Waals surface area contributed by atoms with Crippen LogP contribution in [0.25, 0.3) is 0 Å². The fourth-order valence-electron chi connectivity index (χ4n) is 2.61. The van der Waals surface area contributed by atoms with Gasteiger partial charge in [-0.3, -0.25) is 4.79 Å². The number of alkyl halides is 1. The van der Waals surface area contributed by atoms with Crippen LogP contribution in [-0.4, -0.2) is 5.91 Å². The Morgan fingerprint density at radius 3 is 2.76 bits per heavy atom. The molecule has 21 heavy (non-hydrogen) atoms. The van der Waals surface area contributed by atoms with Crippen LogP contribution < -0.4 is 5.32 Å². The van der Waals surface area contributed by atoms with Gasteiger partial charge in [-0.1, -0.05) is 46.3 Å². The number of nitrogens with one attached hydrogen (secondary N) is 1. The van der Waals surface area contributed by atoms with Crippen molar-refractivity contribution in [2.45, 2.75) is 24.1 Å². The van der Waals surface area contributed by atoms with Crippen molar-refractivity contribution in [3.05, 3.63) is 62.7 Å². The molecule has 1 atom stereocenters. The fraction of sp³-hybridized carbons (Fsp3) is 0.235. The molecule has 0 bridgehead atoms. The molecule has 1 amide bonds. The summed E-state index contributed by atoms with van der Waals surface area (Å²) in [5.41, 5.74) is 4.70. The van der Waals surface area contributed by atoms with E-state index in [0.29, 0.717) is 6.42 Å². The highest BCUT2D eigenvalue weighted by atomic mass is 127. The molecule has 0 aliphatic carbocycles. The molecule has 2 aromatic rings. The number of benzene rings is 2. The number of hydrogen-bond acceptors (Lipinski definition) is 1. The second-order valence-corrected chi connectivity index (χ2v) is 7.28. The Labute approximate surface area is 146 Å². The average molecular weight is 456 g/mol. The van der Waals surface area contributed by atoms with E-state index in [2.05, 4.69) is 80.2 Å². The molecule has 1 N–H and O–H groups in total. The van der Waals surface area contributed by atoms with Crippen LogP contribution in [0.3, 0.4) is 0 Å². The molecule has 1 aliphatic rings. The molecule has 0 fully saturated rings. The van der Waals surface area contributed by atoms with Crippen molar-refractivity contribution in [1.82, 2.24) is 0 Å². The third kappa shape index (κ3) is 3.31. The quantitative estimate of drug-likeness (QED) is 0.498. The summed E-state index contributed by atoms with van der Waals surface area (Å²) >= 11 is 6.18. The highest BCUT2D eigenvalue weighted by Gasteiger charge is 2.17. The van der Waals surface area contributed by atoms with Crippen molar-refractivity contribution >= 4 is 50.1 Å². The first-order chi connectivity index (χ1) is 10.1. The summed E-state index contributed by atoms with van der Waals surface area (Å²) in [7, 11) is 0. The fourth-order valence-corrected chi connectivity index (χ4v) is 4.42. The number of hydrogen-bond donors (Lipinski definition) is 1. The summed E-state index contributed by atoms with van der Waals surface area (Å²) < 4.78 is 1.25. The molecule has 1 unspecified atom stereocenters. The molecule has 0 saturated carbocycles. The van der Waals surface area contributed by atoms with E-state index < -0.39 is 0 Å². The van der Waals surface area contributed by atoms with Gasteiger partial charge in [-0.2, -0.15) is 0 Å². The third-order valence-corrected chi connectivity index (χ3v) is 5.73. The van der Waals surface area contributed by atoms with E-state index >= 15 is 0 Å². The monoisotopic (exact) mass is 455 g/mol. The predicted molar refractivity (Wildman–Crippen MR) is 97.9 cm³/mol. The van der Waals surface area contributed by atoms with Gasteiger partial charge in [0, 0.05) is 15.7 Å². The molecule has 3 rings (SSSR count). The standard InChI is InChI=1S/C17H15BrINO/c18-17(13-5-1-2-6-14(13)19)12-8-9-15-11(10-12)4-3-7-16(21)20-15/h1-2,5-6,8-10,17H,3-4,7H2,(H,20,21). The van der Waals surface area contributed by atoms with E-state index in [1.165, 1.54) is 20.3 Å². The SMILES string of the molecule is O=C1CCCc2cc(C(Br)c3ccccc3I)ccc2N1. The summed E-state index contributed by atoms with van der Waals surface area (Å²) in [6, 6.07) is 14.7. The van der Waals surface area contributed by atoms with E-state index in [4.69, 9.17) is 0 Å². The second-order valence-electron chi connectivity index (χ2n) is 5.20. The van der Waals surface area contributed by atoms with Crippen molar-refractivity contribution in [1.29, 1.82) is 0 Å². The lowest BCUT2D eigenvalue weighted by atomic mass is 9.99. The van der Waals surface area contributed by atoms with Crippen LogP contribution in [0.4, 0.5) is 5.69 Å². The molecule has 2 nitrogen and oxygen atoms in total. The molecule has 0 aromatic heterocycles. The number of halogens is 2. The molecule has 0 spiro atoms. The Hall–Kier alpha value is -0.880. The van der Waals surface area contributed by atoms with Gasteiger partial charge in [0.2, 0.25) is 5.91 Å². The molecule has 1 heterocycles. The Morgan fingerprint density at radius 1 is 1.14 bits per heavy atom. The van der Waals surface area contributed by atoms with Crippen LogP contribution in [0.15, 0.2) is 42.5 Å². The number of fused-ring (bicyclic) bond motifs is 1. The van der Waals surface area contributed by atoms with Crippen molar-refractivity contribution in [2.24, 2.45) is 0 Å². The Bertz CT molecular complexity index is 686. The normalized spacial score (nSPS) is 15.8. The first-order valence-electron chi connectivity index (χ1n) is 6.96. The van der Waals surface area contributed by atoms with E-state index in [0.717, 1.165) is 18.5 Å². The van der Waals surface area contributed by atoms with Gasteiger partial charge in [0.1, 0.15) is 0 Å². The third-order valence-electron chi connectivity index (χ3n) is 3.72. The van der Waals surface area contributed by atoms with Crippen molar-refractivity contribution in [3.63, 3.8) is 0 Å². The maximum Gasteiger partial charge on any atom is 0.224 e. The molecular formula is C17H15BrINO. The molecule has 0 radical (unpaired) electrons. The summed E-state index contributed by atoms with van der Waals surface area (Å²) in [4.78, 5) is 11.8. The van der Waals surface area contributed by atoms with Crippen molar-refractivity contribution < 1.29 is 4.79 Å². The van der Waals surface area contributed by atoms with E-state index in [9.17, 15) is 4.79 Å². The molecule has 0 saturated heterocycles. The first kappa shape index (κ1) is 15.0. The summed E-state index contributed by atoms with van der Waals surface area (Å²) in [5.74, 6) is 0.120. The van der Waals surface area contributed by atoms with Crippen LogP contribution in [0.1, 0.15) is 34.4 Å². The molecule has 4 heteroatoms. The minimum absolute atomic E-state index is 0.120. The largest absolute Gasteiger partial charge is 0.326 e. The lowest BCUT2D eigenvalue weighted by molar-refractivity contribution is -0.116. The van der Waals surface area contributed by atoms with E-state index in [-0.39, 0.29) is 10.7 Å². The zero-order valence-electron chi connectivity index (χ0n) is 11.4. The zero-order valence-corrected chi connectivity index (χ0v) is 15.1. The van der Waals surface area contributed by atoms with Gasteiger partial charge in [-0.25, -0.2) is 0 Å². The Kier molecular flexibility index (Phi) is 4.64. The lowest BCUT2D eigenvalue weighted by Crippen LogP contribution is -2.09. The number of amides is 1. The summed E-state index contributed by atoms with van der Waals surface area (Å²) in [6.07, 6.45) is 2.48. The van der Waals surface area contributed by atoms with Crippen LogP contribution >= 0.6 is 38.5 Å². The van der Waals surface area contributed by atoms with Crippen molar-refractivity contribution in [2.75, 3.05) is 5.32 Å². The Morgan fingerprint density at radius 2 is 1.95 bits per heavy atom. The lowest BCUT2D eigenvalue weighted by Gasteiger charge is -2.15. The van der Waals surface area contributed by atoms with Gasteiger partial charge < -0.3 is 5.32 Å². The molecular weight excluding hydrogens is 441 g/mol. The molecule has 1 aliphatic heterocycles. The van der Waals surface area contributed by atoms with Crippen LogP contribution in [-0.2, 0) is 11.2 Å². The number of anilines is 1. The van der Waals surface area contributed by atoms with E-state index in [1.54, 1.807) is 0 Å². The summed E-state index contributed by atoms with van der Waals surface area (Å²) in [6.45, 7) is 0. The van der Waals surface area contributed by atoms with Gasteiger partial charge in [-0.15, -0.1) is 0 Å². The predicted octanol–water partition coefficient (Wildman–Crippen LogP) is 5.05. The molecule has 108 valence electrons. The molecule has 2 aromatic carbocycles. The first-order valence-corrected chi connectivity index (χ1v) is 8.96. The minimum Gasteiger partial charge on any atom is -0.326 e. The van der Waals surface area contributed by atoms with Crippen molar-refractivity contribution in [3.8, 4) is 0 Å².